The first-order valence-corrected chi connectivity index (χ1v) is 7.56. The van der Waals surface area contributed by atoms with E-state index in [2.05, 4.69) is 28.3 Å². The van der Waals surface area contributed by atoms with Crippen LogP contribution in [0.1, 0.15) is 36.8 Å². The molecule has 6 heteroatoms. The number of rotatable bonds is 6. The van der Waals surface area contributed by atoms with Crippen molar-refractivity contribution in [1.82, 2.24) is 9.97 Å². The molecular weight excluding hydrogens is 307 g/mol. The monoisotopic (exact) mass is 322 g/mol. The van der Waals surface area contributed by atoms with E-state index in [9.17, 15) is 0 Å². The predicted molar refractivity (Wildman–Crippen MR) is 85.7 cm³/mol. The fourth-order valence-electron chi connectivity index (χ4n) is 1.93. The maximum absolute atomic E-state index is 8.81. The van der Waals surface area contributed by atoms with Gasteiger partial charge in [0.15, 0.2) is 5.15 Å². The van der Waals surface area contributed by atoms with E-state index in [-0.39, 0.29) is 0 Å². The number of nitrogens with zero attached hydrogens (tertiary/aromatic N) is 2. The fourth-order valence-corrected chi connectivity index (χ4v) is 2.39. The molecule has 0 saturated heterocycles. The third-order valence-electron chi connectivity index (χ3n) is 3.10. The summed E-state index contributed by atoms with van der Waals surface area (Å²) in [6.45, 7) is 2.64. The molecule has 1 heterocycles. The van der Waals surface area contributed by atoms with Crippen molar-refractivity contribution in [3.63, 3.8) is 0 Å². The largest absolute Gasteiger partial charge is 0.378 e. The summed E-state index contributed by atoms with van der Waals surface area (Å²) in [6, 6.07) is 7.18. The first-order valence-electron chi connectivity index (χ1n) is 6.80. The van der Waals surface area contributed by atoms with Gasteiger partial charge in [0.05, 0.1) is 34.6 Å². The van der Waals surface area contributed by atoms with E-state index >= 15 is 0 Å². The maximum atomic E-state index is 8.81. The Hall–Kier alpha value is -1.70. The van der Waals surface area contributed by atoms with Crippen LogP contribution in [0.2, 0.25) is 10.2 Å². The molecule has 0 saturated carbocycles. The highest BCUT2D eigenvalue weighted by molar-refractivity contribution is 6.33. The van der Waals surface area contributed by atoms with E-state index in [0.717, 1.165) is 36.5 Å². The normalized spacial score (nSPS) is 10.4. The van der Waals surface area contributed by atoms with Gasteiger partial charge < -0.3 is 10.3 Å². The number of benzene rings is 1. The minimum absolute atomic E-state index is 0.485. The average molecular weight is 323 g/mol. The highest BCUT2D eigenvalue weighted by Gasteiger charge is 2.09. The minimum Gasteiger partial charge on any atom is -0.378 e. The van der Waals surface area contributed by atoms with E-state index in [1.807, 2.05) is 0 Å². The lowest BCUT2D eigenvalue weighted by molar-refractivity contribution is 0.760. The zero-order valence-corrected chi connectivity index (χ0v) is 13.2. The number of hydrogen-bond donors (Lipinski definition) is 2. The second-order valence-electron chi connectivity index (χ2n) is 4.72. The minimum atomic E-state index is 0.485. The molecule has 4 nitrogen and oxygen atoms in total. The Bertz CT molecular complexity index is 658. The molecule has 0 radical (unpaired) electrons. The molecule has 0 aliphatic heterocycles. The average Bonchev–Trinajstić information content (AvgIpc) is 2.84. The molecule has 1 aromatic heterocycles. The topological polar surface area (TPSA) is 64.5 Å². The van der Waals surface area contributed by atoms with Gasteiger partial charge in [-0.25, -0.2) is 4.98 Å². The third kappa shape index (κ3) is 4.13. The van der Waals surface area contributed by atoms with Gasteiger partial charge in [0.1, 0.15) is 5.82 Å². The molecule has 0 atom stereocenters. The standard InChI is InChI=1S/C15H16Cl2N4/c1-2-3-4-14-20-13(15(17)21-14)9-19-12-6-5-10(8-18)7-11(12)16/h5-7,19H,2-4,9H2,1H3,(H,20,21). The number of anilines is 1. The van der Waals surface area contributed by atoms with Crippen LogP contribution in [0, 0.1) is 11.3 Å². The number of H-pyrrole nitrogens is 1. The molecule has 1 aromatic carbocycles. The number of hydrogen-bond acceptors (Lipinski definition) is 3. The first kappa shape index (κ1) is 15.7. The highest BCUT2D eigenvalue weighted by Crippen LogP contribution is 2.24. The van der Waals surface area contributed by atoms with Crippen LogP contribution < -0.4 is 5.32 Å². The fraction of sp³-hybridized carbons (Fsp3) is 0.333. The van der Waals surface area contributed by atoms with Crippen LogP contribution in [-0.4, -0.2) is 9.97 Å². The summed E-state index contributed by atoms with van der Waals surface area (Å²) in [7, 11) is 0. The first-order chi connectivity index (χ1) is 10.1. The summed E-state index contributed by atoms with van der Waals surface area (Å²) >= 11 is 12.2. The van der Waals surface area contributed by atoms with Gasteiger partial charge in [-0.3, -0.25) is 0 Å². The summed E-state index contributed by atoms with van der Waals surface area (Å²) in [4.78, 5) is 7.53. The van der Waals surface area contributed by atoms with Crippen molar-refractivity contribution in [3.8, 4) is 6.07 Å². The van der Waals surface area contributed by atoms with Gasteiger partial charge in [-0.05, 0) is 24.6 Å². The number of imidazole rings is 1. The lowest BCUT2D eigenvalue weighted by Crippen LogP contribution is -2.01. The zero-order valence-electron chi connectivity index (χ0n) is 11.7. The molecule has 110 valence electrons. The zero-order chi connectivity index (χ0) is 15.2. The van der Waals surface area contributed by atoms with Crippen LogP contribution in [0.5, 0.6) is 0 Å². The van der Waals surface area contributed by atoms with Crippen molar-refractivity contribution in [2.75, 3.05) is 5.32 Å². The number of unbranched alkanes of at least 4 members (excludes halogenated alkanes) is 1. The Morgan fingerprint density at radius 1 is 1.38 bits per heavy atom. The smallest absolute Gasteiger partial charge is 0.152 e. The Kier molecular flexibility index (Phi) is 5.49. The van der Waals surface area contributed by atoms with Gasteiger partial charge in [-0.1, -0.05) is 36.5 Å². The molecule has 2 N–H and O–H groups in total. The van der Waals surface area contributed by atoms with Gasteiger partial charge in [0.25, 0.3) is 0 Å². The van der Waals surface area contributed by atoms with Crippen LogP contribution in [0.4, 0.5) is 5.69 Å². The van der Waals surface area contributed by atoms with Crippen molar-refractivity contribution in [2.45, 2.75) is 32.7 Å². The lowest BCUT2D eigenvalue weighted by Gasteiger charge is -2.07. The van der Waals surface area contributed by atoms with Crippen LogP contribution in [-0.2, 0) is 13.0 Å². The van der Waals surface area contributed by atoms with Gasteiger partial charge in [0.2, 0.25) is 0 Å². The SMILES string of the molecule is CCCCc1nc(Cl)c(CNc2ccc(C#N)cc2Cl)[nH]1. The van der Waals surface area contributed by atoms with E-state index in [1.54, 1.807) is 18.2 Å². The van der Waals surface area contributed by atoms with E-state index in [4.69, 9.17) is 28.5 Å². The Balaban J connectivity index is 2.03. The summed E-state index contributed by atoms with van der Waals surface area (Å²) in [6.07, 6.45) is 3.10. The highest BCUT2D eigenvalue weighted by atomic mass is 35.5. The Morgan fingerprint density at radius 3 is 2.86 bits per heavy atom. The number of nitriles is 1. The number of aromatic nitrogens is 2. The molecule has 0 unspecified atom stereocenters. The summed E-state index contributed by atoms with van der Waals surface area (Å²) < 4.78 is 0. The molecule has 0 bridgehead atoms. The van der Waals surface area contributed by atoms with Crippen LogP contribution in [0.15, 0.2) is 18.2 Å². The predicted octanol–water partition coefficient (Wildman–Crippen LogP) is 4.54. The van der Waals surface area contributed by atoms with E-state index in [0.29, 0.717) is 22.3 Å². The van der Waals surface area contributed by atoms with Crippen molar-refractivity contribution in [1.29, 1.82) is 5.26 Å². The summed E-state index contributed by atoms with van der Waals surface area (Å²) in [5.41, 5.74) is 2.13. The molecule has 2 rings (SSSR count). The second-order valence-corrected chi connectivity index (χ2v) is 5.48. The summed E-state index contributed by atoms with van der Waals surface area (Å²) in [5.74, 6) is 0.907. The Morgan fingerprint density at radius 2 is 2.19 bits per heavy atom. The molecule has 0 amide bonds. The quantitative estimate of drug-likeness (QED) is 0.820. The summed E-state index contributed by atoms with van der Waals surface area (Å²) in [5, 5.41) is 13.0. The molecular formula is C15H16Cl2N4. The molecule has 21 heavy (non-hydrogen) atoms. The van der Waals surface area contributed by atoms with Gasteiger partial charge in [-0.2, -0.15) is 5.26 Å². The molecule has 0 aliphatic carbocycles. The Labute approximate surface area is 134 Å². The van der Waals surface area contributed by atoms with Crippen LogP contribution in [0.3, 0.4) is 0 Å². The van der Waals surface area contributed by atoms with Crippen LogP contribution in [0.25, 0.3) is 0 Å². The van der Waals surface area contributed by atoms with Crippen molar-refractivity contribution in [3.05, 3.63) is 45.5 Å². The van der Waals surface area contributed by atoms with Gasteiger partial charge in [0, 0.05) is 6.42 Å². The van der Waals surface area contributed by atoms with Crippen molar-refractivity contribution >= 4 is 28.9 Å². The van der Waals surface area contributed by atoms with Crippen molar-refractivity contribution in [2.24, 2.45) is 0 Å². The number of aromatic amines is 1. The van der Waals surface area contributed by atoms with Crippen molar-refractivity contribution < 1.29 is 0 Å². The molecule has 0 aliphatic rings. The van der Waals surface area contributed by atoms with E-state index < -0.39 is 0 Å². The number of nitrogens with one attached hydrogen (secondary N) is 2. The molecule has 2 aromatic rings. The number of halogens is 2. The maximum Gasteiger partial charge on any atom is 0.152 e. The van der Waals surface area contributed by atoms with Crippen LogP contribution >= 0.6 is 23.2 Å². The number of aryl methyl sites for hydroxylation is 1. The van der Waals surface area contributed by atoms with E-state index in [1.165, 1.54) is 0 Å². The van der Waals surface area contributed by atoms with Gasteiger partial charge >= 0.3 is 0 Å². The second kappa shape index (κ2) is 7.35. The lowest BCUT2D eigenvalue weighted by atomic mass is 10.2. The third-order valence-corrected chi connectivity index (χ3v) is 3.72. The molecule has 0 spiro atoms. The van der Waals surface area contributed by atoms with Gasteiger partial charge in [-0.15, -0.1) is 0 Å². The molecule has 0 fully saturated rings.